The van der Waals surface area contributed by atoms with Crippen molar-refractivity contribution < 1.29 is 19.1 Å². The number of amides is 2. The van der Waals surface area contributed by atoms with Crippen LogP contribution in [-0.4, -0.2) is 18.6 Å². The molecule has 6 heteroatoms. The van der Waals surface area contributed by atoms with E-state index in [-0.39, 0.29) is 24.6 Å². The first-order valence-corrected chi connectivity index (χ1v) is 9.13. The van der Waals surface area contributed by atoms with Crippen molar-refractivity contribution in [3.05, 3.63) is 53.6 Å². The molecule has 0 saturated carbocycles. The first-order chi connectivity index (χ1) is 13.0. The second-order valence-corrected chi connectivity index (χ2v) is 6.50. The van der Waals surface area contributed by atoms with Crippen LogP contribution in [0.4, 0.5) is 5.69 Å². The zero-order chi connectivity index (χ0) is 19.2. The second kappa shape index (κ2) is 8.58. The Bertz CT molecular complexity index is 817. The molecule has 0 spiro atoms. The Morgan fingerprint density at radius 2 is 1.78 bits per heavy atom. The molecule has 0 aliphatic carbocycles. The summed E-state index contributed by atoms with van der Waals surface area (Å²) in [5.74, 6) is 1.45. The zero-order valence-electron chi connectivity index (χ0n) is 15.6. The van der Waals surface area contributed by atoms with Crippen molar-refractivity contribution in [2.45, 2.75) is 39.2 Å². The third-order valence-corrected chi connectivity index (χ3v) is 4.47. The van der Waals surface area contributed by atoms with Crippen LogP contribution in [0.5, 0.6) is 11.5 Å². The van der Waals surface area contributed by atoms with E-state index in [0.717, 1.165) is 28.3 Å². The maximum Gasteiger partial charge on any atom is 0.231 e. The van der Waals surface area contributed by atoms with Gasteiger partial charge < -0.3 is 20.1 Å². The monoisotopic (exact) mass is 368 g/mol. The number of carbonyl (C=O) groups excluding carboxylic acids is 2. The largest absolute Gasteiger partial charge is 0.454 e. The van der Waals surface area contributed by atoms with Crippen LogP contribution in [0.3, 0.4) is 0 Å². The molecule has 0 radical (unpaired) electrons. The van der Waals surface area contributed by atoms with E-state index >= 15 is 0 Å². The molecule has 1 atom stereocenters. The van der Waals surface area contributed by atoms with E-state index in [0.29, 0.717) is 19.3 Å². The highest BCUT2D eigenvalue weighted by Gasteiger charge is 2.14. The zero-order valence-corrected chi connectivity index (χ0v) is 15.6. The number of nitrogens with one attached hydrogen (secondary N) is 2. The molecule has 1 unspecified atom stereocenters. The van der Waals surface area contributed by atoms with Crippen LogP contribution in [-0.2, 0) is 16.0 Å². The fourth-order valence-corrected chi connectivity index (χ4v) is 2.86. The molecule has 0 saturated heterocycles. The van der Waals surface area contributed by atoms with Gasteiger partial charge in [-0.3, -0.25) is 9.59 Å². The third kappa shape index (κ3) is 5.00. The highest BCUT2D eigenvalue weighted by atomic mass is 16.7. The van der Waals surface area contributed by atoms with Crippen LogP contribution in [0, 0.1) is 0 Å². The second-order valence-electron chi connectivity index (χ2n) is 6.50. The molecule has 27 heavy (non-hydrogen) atoms. The maximum absolute atomic E-state index is 12.3. The van der Waals surface area contributed by atoms with E-state index < -0.39 is 0 Å². The van der Waals surface area contributed by atoms with Crippen molar-refractivity contribution in [2.75, 3.05) is 12.1 Å². The minimum atomic E-state index is -0.106. The van der Waals surface area contributed by atoms with Crippen molar-refractivity contribution >= 4 is 17.5 Å². The topological polar surface area (TPSA) is 76.7 Å². The van der Waals surface area contributed by atoms with Gasteiger partial charge in [0.2, 0.25) is 18.6 Å². The number of hydrogen-bond donors (Lipinski definition) is 2. The number of aryl methyl sites for hydroxylation is 1. The quantitative estimate of drug-likeness (QED) is 0.783. The molecule has 142 valence electrons. The fraction of sp³-hybridized carbons (Fsp3) is 0.333. The lowest BCUT2D eigenvalue weighted by Gasteiger charge is -2.15. The van der Waals surface area contributed by atoms with Crippen LogP contribution in [0.25, 0.3) is 0 Å². The molecule has 2 amide bonds. The molecule has 3 rings (SSSR count). The van der Waals surface area contributed by atoms with E-state index in [2.05, 4.69) is 10.6 Å². The number of anilines is 1. The number of hydrogen-bond acceptors (Lipinski definition) is 4. The minimum Gasteiger partial charge on any atom is -0.454 e. The Morgan fingerprint density at radius 1 is 1.04 bits per heavy atom. The Balaban J connectivity index is 1.49. The van der Waals surface area contributed by atoms with Crippen molar-refractivity contribution in [3.8, 4) is 11.5 Å². The molecule has 1 aliphatic heterocycles. The summed E-state index contributed by atoms with van der Waals surface area (Å²) in [4.78, 5) is 23.7. The van der Waals surface area contributed by atoms with E-state index in [4.69, 9.17) is 9.47 Å². The molecular formula is C21H24N2O4. The predicted octanol–water partition coefficient (Wildman–Crippen LogP) is 3.57. The summed E-state index contributed by atoms with van der Waals surface area (Å²) in [6.07, 6.45) is 1.48. The molecule has 6 nitrogen and oxygen atoms in total. The molecule has 2 aromatic carbocycles. The molecule has 1 aliphatic rings. The number of rotatable bonds is 7. The molecule has 2 N–H and O–H groups in total. The minimum absolute atomic E-state index is 0.0106. The standard InChI is InChI=1S/C21H24N2O4/c1-3-20(24)23-17-8-6-16(7-9-17)14(2)22-21(25)11-5-15-4-10-18-19(12-15)27-13-26-18/h4,6-10,12,14H,3,5,11,13H2,1-2H3,(H,22,25)(H,23,24). The van der Waals surface area contributed by atoms with Crippen LogP contribution < -0.4 is 20.1 Å². The summed E-state index contributed by atoms with van der Waals surface area (Å²) < 4.78 is 10.7. The SMILES string of the molecule is CCC(=O)Nc1ccc(C(C)NC(=O)CCc2ccc3c(c2)OCO3)cc1. The highest BCUT2D eigenvalue weighted by molar-refractivity contribution is 5.90. The van der Waals surface area contributed by atoms with Crippen molar-refractivity contribution in [1.29, 1.82) is 0 Å². The summed E-state index contributed by atoms with van der Waals surface area (Å²) in [5, 5.41) is 5.82. The Kier molecular flexibility index (Phi) is 5.96. The number of ether oxygens (including phenoxy) is 2. The van der Waals surface area contributed by atoms with E-state index in [1.54, 1.807) is 0 Å². The van der Waals surface area contributed by atoms with Gasteiger partial charge in [0.05, 0.1) is 6.04 Å². The van der Waals surface area contributed by atoms with E-state index in [1.807, 2.05) is 56.3 Å². The van der Waals surface area contributed by atoms with Crippen molar-refractivity contribution in [2.24, 2.45) is 0 Å². The van der Waals surface area contributed by atoms with Crippen LogP contribution in [0.1, 0.15) is 43.9 Å². The normalized spacial score (nSPS) is 13.1. The predicted molar refractivity (Wildman–Crippen MR) is 103 cm³/mol. The van der Waals surface area contributed by atoms with Gasteiger partial charge >= 0.3 is 0 Å². The average molecular weight is 368 g/mol. The van der Waals surface area contributed by atoms with Gasteiger partial charge in [-0.1, -0.05) is 25.1 Å². The van der Waals surface area contributed by atoms with Gasteiger partial charge in [0.1, 0.15) is 0 Å². The Hall–Kier alpha value is -3.02. The molecular weight excluding hydrogens is 344 g/mol. The molecule has 0 aromatic heterocycles. The van der Waals surface area contributed by atoms with Crippen LogP contribution in [0.15, 0.2) is 42.5 Å². The summed E-state index contributed by atoms with van der Waals surface area (Å²) in [6.45, 7) is 4.00. The first-order valence-electron chi connectivity index (χ1n) is 9.13. The summed E-state index contributed by atoms with van der Waals surface area (Å²) in [6, 6.07) is 13.1. The van der Waals surface area contributed by atoms with Gasteiger partial charge in [-0.25, -0.2) is 0 Å². The maximum atomic E-state index is 12.3. The van der Waals surface area contributed by atoms with Gasteiger partial charge in [0.25, 0.3) is 0 Å². The van der Waals surface area contributed by atoms with Gasteiger partial charge in [-0.2, -0.15) is 0 Å². The van der Waals surface area contributed by atoms with Gasteiger partial charge in [0, 0.05) is 18.5 Å². The van der Waals surface area contributed by atoms with E-state index in [1.165, 1.54) is 0 Å². The highest BCUT2D eigenvalue weighted by Crippen LogP contribution is 2.32. The van der Waals surface area contributed by atoms with Gasteiger partial charge in [-0.15, -0.1) is 0 Å². The number of fused-ring (bicyclic) bond motifs is 1. The molecule has 0 bridgehead atoms. The lowest BCUT2D eigenvalue weighted by molar-refractivity contribution is -0.121. The molecule has 1 heterocycles. The summed E-state index contributed by atoms with van der Waals surface area (Å²) in [7, 11) is 0. The van der Waals surface area contributed by atoms with Crippen molar-refractivity contribution in [1.82, 2.24) is 5.32 Å². The lowest BCUT2D eigenvalue weighted by Crippen LogP contribution is -2.26. The Morgan fingerprint density at radius 3 is 2.52 bits per heavy atom. The first kappa shape index (κ1) is 18.8. The van der Waals surface area contributed by atoms with Crippen LogP contribution in [0.2, 0.25) is 0 Å². The van der Waals surface area contributed by atoms with Crippen molar-refractivity contribution in [3.63, 3.8) is 0 Å². The number of benzene rings is 2. The summed E-state index contributed by atoms with van der Waals surface area (Å²) >= 11 is 0. The molecule has 0 fully saturated rings. The van der Waals surface area contributed by atoms with Crippen LogP contribution >= 0.6 is 0 Å². The average Bonchev–Trinajstić information content (AvgIpc) is 3.14. The Labute approximate surface area is 158 Å². The van der Waals surface area contributed by atoms with E-state index in [9.17, 15) is 9.59 Å². The lowest BCUT2D eigenvalue weighted by atomic mass is 10.1. The summed E-state index contributed by atoms with van der Waals surface area (Å²) in [5.41, 5.74) is 2.78. The fourth-order valence-electron chi connectivity index (χ4n) is 2.86. The smallest absolute Gasteiger partial charge is 0.231 e. The molecule has 2 aromatic rings. The number of carbonyl (C=O) groups is 2. The third-order valence-electron chi connectivity index (χ3n) is 4.47. The van der Waals surface area contributed by atoms with Gasteiger partial charge in [-0.05, 0) is 48.7 Å². The van der Waals surface area contributed by atoms with Gasteiger partial charge in [0.15, 0.2) is 11.5 Å².